The monoisotopic (exact) mass is 345 g/mol. The summed E-state index contributed by atoms with van der Waals surface area (Å²) in [6.45, 7) is 3.96. The molecule has 0 saturated heterocycles. The number of nitrogens with zero attached hydrogens (tertiary/aromatic N) is 1. The van der Waals surface area contributed by atoms with Gasteiger partial charge in [0, 0.05) is 0 Å². The third-order valence-corrected chi connectivity index (χ3v) is 3.55. The van der Waals surface area contributed by atoms with Crippen molar-refractivity contribution >= 4 is 11.7 Å². The Morgan fingerprint density at radius 3 is 2.44 bits per heavy atom. The van der Waals surface area contributed by atoms with Crippen molar-refractivity contribution in [1.82, 2.24) is 0 Å². The molecule has 0 spiro atoms. The van der Waals surface area contributed by atoms with Crippen LogP contribution in [0.5, 0.6) is 17.2 Å². The molecular formula is C18H19NO6. The van der Waals surface area contributed by atoms with Gasteiger partial charge in [-0.3, -0.25) is 14.9 Å². The molecule has 0 unspecified atom stereocenters. The number of carbonyl (C=O) groups is 1. The van der Waals surface area contributed by atoms with Crippen molar-refractivity contribution < 1.29 is 23.9 Å². The Balaban J connectivity index is 1.98. The van der Waals surface area contributed by atoms with Crippen LogP contribution in [0.2, 0.25) is 0 Å². The minimum atomic E-state index is -0.627. The molecule has 2 rings (SSSR count). The second kappa shape index (κ2) is 8.14. The maximum absolute atomic E-state index is 11.9. The van der Waals surface area contributed by atoms with Crippen molar-refractivity contribution in [3.05, 3.63) is 57.6 Å². The van der Waals surface area contributed by atoms with Crippen LogP contribution in [0.1, 0.15) is 17.5 Å². The summed E-state index contributed by atoms with van der Waals surface area (Å²) < 4.78 is 15.7. The second-order valence-electron chi connectivity index (χ2n) is 5.38. The lowest BCUT2D eigenvalue weighted by molar-refractivity contribution is -0.385. The number of nitro benzene ring substituents is 1. The minimum Gasteiger partial charge on any atom is -0.496 e. The number of carbonyl (C=O) groups excluding carboxylic acids is 1. The first-order valence-corrected chi connectivity index (χ1v) is 7.64. The molecule has 7 heteroatoms. The first-order valence-electron chi connectivity index (χ1n) is 7.64. The van der Waals surface area contributed by atoms with Gasteiger partial charge in [-0.1, -0.05) is 18.2 Å². The van der Waals surface area contributed by atoms with Crippen LogP contribution in [0.3, 0.4) is 0 Å². The highest BCUT2D eigenvalue weighted by molar-refractivity contribution is 5.74. The molecule has 25 heavy (non-hydrogen) atoms. The van der Waals surface area contributed by atoms with Crippen LogP contribution in [-0.4, -0.2) is 24.6 Å². The molecular weight excluding hydrogens is 326 g/mol. The molecule has 0 heterocycles. The van der Waals surface area contributed by atoms with E-state index in [-0.39, 0.29) is 24.5 Å². The van der Waals surface area contributed by atoms with E-state index in [4.69, 9.17) is 14.2 Å². The van der Waals surface area contributed by atoms with Gasteiger partial charge in [0.15, 0.2) is 0 Å². The third-order valence-electron chi connectivity index (χ3n) is 3.55. The number of rotatable bonds is 7. The highest BCUT2D eigenvalue weighted by Gasteiger charge is 2.19. The number of benzene rings is 2. The number of para-hydroxylation sites is 1. The van der Waals surface area contributed by atoms with Gasteiger partial charge >= 0.3 is 11.7 Å². The Labute approximate surface area is 145 Å². The summed E-state index contributed by atoms with van der Waals surface area (Å²) in [4.78, 5) is 22.4. The lowest BCUT2D eigenvalue weighted by atomic mass is 10.1. The van der Waals surface area contributed by atoms with Crippen LogP contribution in [0.15, 0.2) is 36.4 Å². The van der Waals surface area contributed by atoms with Crippen molar-refractivity contribution in [2.45, 2.75) is 20.3 Å². The number of aryl methyl sites for hydroxylation is 2. The van der Waals surface area contributed by atoms with Crippen molar-refractivity contribution in [2.75, 3.05) is 13.7 Å². The SMILES string of the molecule is COc1ccc(OC(=O)CCOc2c(C)cccc2C)c([N+](=O)[O-])c1. The second-order valence-corrected chi connectivity index (χ2v) is 5.38. The van der Waals surface area contributed by atoms with E-state index in [1.807, 2.05) is 32.0 Å². The Hall–Kier alpha value is -3.09. The predicted octanol–water partition coefficient (Wildman–Crippen LogP) is 3.59. The molecule has 0 aliphatic carbocycles. The van der Waals surface area contributed by atoms with Gasteiger partial charge in [0.1, 0.15) is 11.5 Å². The Kier molecular flexibility index (Phi) is 5.94. The summed E-state index contributed by atoms with van der Waals surface area (Å²) >= 11 is 0. The van der Waals surface area contributed by atoms with Crippen LogP contribution in [0, 0.1) is 24.0 Å². The van der Waals surface area contributed by atoms with Crippen LogP contribution < -0.4 is 14.2 Å². The van der Waals surface area contributed by atoms with Crippen LogP contribution >= 0.6 is 0 Å². The van der Waals surface area contributed by atoms with Gasteiger partial charge in [-0.2, -0.15) is 0 Å². The number of ether oxygens (including phenoxy) is 3. The van der Waals surface area contributed by atoms with Gasteiger partial charge in [0.2, 0.25) is 5.75 Å². The van der Waals surface area contributed by atoms with E-state index in [2.05, 4.69) is 0 Å². The number of esters is 1. The highest BCUT2D eigenvalue weighted by Crippen LogP contribution is 2.31. The number of methoxy groups -OCH3 is 1. The molecule has 0 amide bonds. The number of nitro groups is 1. The van der Waals surface area contributed by atoms with E-state index < -0.39 is 10.9 Å². The fourth-order valence-corrected chi connectivity index (χ4v) is 2.29. The first kappa shape index (κ1) is 18.3. The molecule has 132 valence electrons. The molecule has 0 aliphatic heterocycles. The summed E-state index contributed by atoms with van der Waals surface area (Å²) in [5, 5.41) is 11.1. The summed E-state index contributed by atoms with van der Waals surface area (Å²) in [5.74, 6) is 0.304. The maximum Gasteiger partial charge on any atom is 0.315 e. The molecule has 0 atom stereocenters. The lowest BCUT2D eigenvalue weighted by Gasteiger charge is -2.11. The van der Waals surface area contributed by atoms with Gasteiger partial charge in [0.05, 0.1) is 31.1 Å². The van der Waals surface area contributed by atoms with E-state index in [1.165, 1.54) is 25.3 Å². The van der Waals surface area contributed by atoms with Gasteiger partial charge < -0.3 is 14.2 Å². The average Bonchev–Trinajstić information content (AvgIpc) is 2.57. The van der Waals surface area contributed by atoms with Crippen LogP contribution in [0.25, 0.3) is 0 Å². The van der Waals surface area contributed by atoms with Crippen molar-refractivity contribution in [3.63, 3.8) is 0 Å². The number of hydrogen-bond acceptors (Lipinski definition) is 6. The third kappa shape index (κ3) is 4.69. The topological polar surface area (TPSA) is 87.9 Å². The zero-order valence-corrected chi connectivity index (χ0v) is 14.3. The quantitative estimate of drug-likeness (QED) is 0.330. The van der Waals surface area contributed by atoms with E-state index in [0.717, 1.165) is 16.9 Å². The zero-order valence-electron chi connectivity index (χ0n) is 14.3. The number of hydrogen-bond donors (Lipinski definition) is 0. The summed E-state index contributed by atoms with van der Waals surface area (Å²) in [5.41, 5.74) is 1.61. The summed E-state index contributed by atoms with van der Waals surface area (Å²) in [6.07, 6.45) is -0.0308. The Morgan fingerprint density at radius 1 is 1.16 bits per heavy atom. The molecule has 0 bridgehead atoms. The molecule has 0 N–H and O–H groups in total. The minimum absolute atomic E-state index is 0.0308. The molecule has 2 aromatic rings. The van der Waals surface area contributed by atoms with E-state index in [9.17, 15) is 14.9 Å². The van der Waals surface area contributed by atoms with Crippen molar-refractivity contribution in [1.29, 1.82) is 0 Å². The smallest absolute Gasteiger partial charge is 0.315 e. The standard InChI is InChI=1S/C18H19NO6/c1-12-5-4-6-13(2)18(12)24-10-9-17(20)25-16-8-7-14(23-3)11-15(16)19(21)22/h4-8,11H,9-10H2,1-3H3. The van der Waals surface area contributed by atoms with Gasteiger partial charge in [-0.05, 0) is 37.1 Å². The molecule has 0 aliphatic rings. The van der Waals surface area contributed by atoms with Gasteiger partial charge in [-0.25, -0.2) is 0 Å². The van der Waals surface area contributed by atoms with E-state index in [1.54, 1.807) is 0 Å². The van der Waals surface area contributed by atoms with Crippen LogP contribution in [-0.2, 0) is 4.79 Å². The van der Waals surface area contributed by atoms with Gasteiger partial charge in [-0.15, -0.1) is 0 Å². The average molecular weight is 345 g/mol. The highest BCUT2D eigenvalue weighted by atomic mass is 16.6. The fourth-order valence-electron chi connectivity index (χ4n) is 2.29. The Morgan fingerprint density at radius 2 is 1.84 bits per heavy atom. The normalized spacial score (nSPS) is 10.2. The zero-order chi connectivity index (χ0) is 18.4. The molecule has 0 aromatic heterocycles. The molecule has 0 radical (unpaired) electrons. The lowest BCUT2D eigenvalue weighted by Crippen LogP contribution is -2.14. The maximum atomic E-state index is 11.9. The summed E-state index contributed by atoms with van der Waals surface area (Å²) in [7, 11) is 1.40. The van der Waals surface area contributed by atoms with E-state index >= 15 is 0 Å². The van der Waals surface area contributed by atoms with Crippen molar-refractivity contribution in [2.24, 2.45) is 0 Å². The van der Waals surface area contributed by atoms with Crippen molar-refractivity contribution in [3.8, 4) is 17.2 Å². The largest absolute Gasteiger partial charge is 0.496 e. The molecule has 0 fully saturated rings. The molecule has 7 nitrogen and oxygen atoms in total. The predicted molar refractivity (Wildman–Crippen MR) is 91.3 cm³/mol. The van der Waals surface area contributed by atoms with Gasteiger partial charge in [0.25, 0.3) is 0 Å². The van der Waals surface area contributed by atoms with Crippen LogP contribution in [0.4, 0.5) is 5.69 Å². The molecule has 0 saturated carbocycles. The summed E-state index contributed by atoms with van der Waals surface area (Å²) in [6, 6.07) is 9.79. The molecule has 2 aromatic carbocycles. The fraction of sp³-hybridized carbons (Fsp3) is 0.278. The Bertz CT molecular complexity index is 767. The first-order chi connectivity index (χ1) is 11.9. The van der Waals surface area contributed by atoms with E-state index in [0.29, 0.717) is 5.75 Å².